The molecule has 25 heavy (non-hydrogen) atoms. The minimum Gasteiger partial charge on any atom is -0.317 e. The zero-order chi connectivity index (χ0) is 17.4. The number of thiazole rings is 1. The Bertz CT molecular complexity index is 1020. The molecule has 0 saturated heterocycles. The summed E-state index contributed by atoms with van der Waals surface area (Å²) in [6.45, 7) is 0.797. The van der Waals surface area contributed by atoms with E-state index in [0.29, 0.717) is 5.13 Å². The van der Waals surface area contributed by atoms with Gasteiger partial charge in [-0.05, 0) is 36.6 Å². The van der Waals surface area contributed by atoms with Crippen molar-refractivity contribution in [3.05, 3.63) is 64.5 Å². The number of hydrogen-bond acceptors (Lipinski definition) is 5. The second-order valence-corrected chi connectivity index (χ2v) is 9.22. The van der Waals surface area contributed by atoms with E-state index >= 15 is 0 Å². The lowest BCUT2D eigenvalue weighted by Gasteiger charge is -2.28. The van der Waals surface area contributed by atoms with Gasteiger partial charge in [0.2, 0.25) is 9.84 Å². The number of hydrogen-bond donors (Lipinski definition) is 0. The van der Waals surface area contributed by atoms with Crippen LogP contribution < -0.4 is 4.90 Å². The largest absolute Gasteiger partial charge is 0.317 e. The highest BCUT2D eigenvalue weighted by atomic mass is 35.5. The van der Waals surface area contributed by atoms with Gasteiger partial charge in [0.05, 0.1) is 4.90 Å². The minimum atomic E-state index is -3.72. The van der Waals surface area contributed by atoms with Gasteiger partial charge < -0.3 is 4.90 Å². The van der Waals surface area contributed by atoms with Crippen molar-refractivity contribution >= 4 is 43.6 Å². The van der Waals surface area contributed by atoms with Crippen LogP contribution in [-0.4, -0.2) is 19.9 Å². The van der Waals surface area contributed by atoms with Crippen molar-refractivity contribution < 1.29 is 8.42 Å². The maximum atomic E-state index is 12.8. The topological polar surface area (TPSA) is 50.3 Å². The molecule has 2 heterocycles. The van der Waals surface area contributed by atoms with Crippen molar-refractivity contribution in [2.24, 2.45) is 0 Å². The van der Waals surface area contributed by atoms with Crippen LogP contribution in [0.1, 0.15) is 12.0 Å². The van der Waals surface area contributed by atoms with Crippen LogP contribution in [0.2, 0.25) is 4.34 Å². The molecule has 0 amide bonds. The van der Waals surface area contributed by atoms with Crippen LogP contribution in [0.15, 0.2) is 64.5 Å². The second-order valence-electron chi connectivity index (χ2n) is 5.78. The molecule has 0 saturated carbocycles. The summed E-state index contributed by atoms with van der Waals surface area (Å²) in [4.78, 5) is 6.66. The highest BCUT2D eigenvalue weighted by Crippen LogP contribution is 2.40. The van der Waals surface area contributed by atoms with Crippen LogP contribution in [0.3, 0.4) is 0 Å². The number of nitrogens with zero attached hydrogens (tertiary/aromatic N) is 2. The minimum absolute atomic E-state index is 0.0663. The Morgan fingerprint density at radius 3 is 2.56 bits per heavy atom. The van der Waals surface area contributed by atoms with Crippen LogP contribution in [0.4, 0.5) is 10.8 Å². The van der Waals surface area contributed by atoms with E-state index in [1.165, 1.54) is 16.9 Å². The molecule has 0 N–H and O–H groups in total. The molecule has 0 radical (unpaired) electrons. The van der Waals surface area contributed by atoms with Gasteiger partial charge >= 0.3 is 0 Å². The second kappa shape index (κ2) is 6.44. The first-order valence-electron chi connectivity index (χ1n) is 7.89. The maximum Gasteiger partial charge on any atom is 0.226 e. The first kappa shape index (κ1) is 16.6. The Kier molecular flexibility index (Phi) is 4.27. The van der Waals surface area contributed by atoms with Crippen molar-refractivity contribution in [1.82, 2.24) is 4.98 Å². The van der Waals surface area contributed by atoms with E-state index in [1.807, 2.05) is 18.2 Å². The number of rotatable bonds is 3. The number of aryl methyl sites for hydroxylation is 1. The molecule has 0 spiro atoms. The van der Waals surface area contributed by atoms with E-state index in [-0.39, 0.29) is 14.3 Å². The van der Waals surface area contributed by atoms with Crippen LogP contribution in [0.5, 0.6) is 0 Å². The molecule has 3 aromatic rings. The monoisotopic (exact) mass is 390 g/mol. The van der Waals surface area contributed by atoms with E-state index in [0.717, 1.165) is 25.1 Å². The van der Waals surface area contributed by atoms with E-state index in [4.69, 9.17) is 11.6 Å². The van der Waals surface area contributed by atoms with Crippen LogP contribution in [-0.2, 0) is 16.3 Å². The fraction of sp³-hybridized carbons (Fsp3) is 0.167. The lowest BCUT2D eigenvalue weighted by Crippen LogP contribution is -2.24. The summed E-state index contributed by atoms with van der Waals surface area (Å²) in [6, 6.07) is 16.4. The smallest absolute Gasteiger partial charge is 0.226 e. The highest BCUT2D eigenvalue weighted by molar-refractivity contribution is 7.91. The summed E-state index contributed by atoms with van der Waals surface area (Å²) in [5, 5.41) is 0.551. The average Bonchev–Trinajstić information content (AvgIpc) is 3.04. The summed E-state index contributed by atoms with van der Waals surface area (Å²) in [7, 11) is -3.72. The first-order valence-corrected chi connectivity index (χ1v) is 10.6. The molecule has 0 aliphatic carbocycles. The van der Waals surface area contributed by atoms with Crippen LogP contribution in [0.25, 0.3) is 0 Å². The van der Waals surface area contributed by atoms with Crippen molar-refractivity contribution in [3.63, 3.8) is 0 Å². The third-order valence-corrected chi connectivity index (χ3v) is 7.41. The van der Waals surface area contributed by atoms with Crippen LogP contribution in [0, 0.1) is 0 Å². The molecule has 128 valence electrons. The Morgan fingerprint density at radius 2 is 1.76 bits per heavy atom. The predicted molar refractivity (Wildman–Crippen MR) is 101 cm³/mol. The molecule has 1 aromatic heterocycles. The lowest BCUT2D eigenvalue weighted by molar-refractivity contribution is 0.593. The lowest BCUT2D eigenvalue weighted by atomic mass is 10.0. The molecule has 1 aliphatic rings. The third-order valence-electron chi connectivity index (χ3n) is 4.20. The molecular formula is C18H15ClN2O2S2. The van der Waals surface area contributed by atoms with Gasteiger partial charge in [-0.25, -0.2) is 13.4 Å². The summed E-state index contributed by atoms with van der Waals surface area (Å²) < 4.78 is 25.9. The first-order chi connectivity index (χ1) is 12.1. The molecule has 4 nitrogen and oxygen atoms in total. The van der Waals surface area contributed by atoms with E-state index in [9.17, 15) is 8.42 Å². The summed E-state index contributed by atoms with van der Waals surface area (Å²) in [6.07, 6.45) is 2.01. The Labute approximate surface area is 155 Å². The van der Waals surface area contributed by atoms with Crippen LogP contribution >= 0.6 is 22.9 Å². The normalized spacial score (nSPS) is 14.4. The quantitative estimate of drug-likeness (QED) is 0.649. The SMILES string of the molecule is O=S(=O)(c1ccccc1)c1nc(N2CCCc3ccccc32)sc1Cl. The van der Waals surface area contributed by atoms with Gasteiger partial charge in [0.25, 0.3) is 0 Å². The van der Waals surface area contributed by atoms with Gasteiger partial charge in [0, 0.05) is 12.2 Å². The number of fused-ring (bicyclic) bond motifs is 1. The van der Waals surface area contributed by atoms with E-state index in [2.05, 4.69) is 16.0 Å². The molecule has 0 bridgehead atoms. The number of aromatic nitrogens is 1. The number of sulfone groups is 1. The van der Waals surface area contributed by atoms with Gasteiger partial charge in [-0.3, -0.25) is 0 Å². The summed E-state index contributed by atoms with van der Waals surface area (Å²) in [5.41, 5.74) is 2.32. The molecule has 2 aromatic carbocycles. The zero-order valence-corrected chi connectivity index (χ0v) is 15.6. The number of anilines is 2. The Hall–Kier alpha value is -1.89. The van der Waals surface area contributed by atoms with E-state index in [1.54, 1.807) is 30.3 Å². The summed E-state index contributed by atoms with van der Waals surface area (Å²) in [5.74, 6) is 0. The fourth-order valence-electron chi connectivity index (χ4n) is 3.00. The van der Waals surface area contributed by atoms with Gasteiger partial charge in [0.15, 0.2) is 10.2 Å². The molecule has 4 rings (SSSR count). The molecule has 0 unspecified atom stereocenters. The van der Waals surface area contributed by atoms with Gasteiger partial charge in [-0.1, -0.05) is 59.3 Å². The zero-order valence-electron chi connectivity index (χ0n) is 13.2. The Balaban J connectivity index is 1.78. The number of halogens is 1. The third kappa shape index (κ3) is 2.94. The molecule has 7 heteroatoms. The van der Waals surface area contributed by atoms with Gasteiger partial charge in [0.1, 0.15) is 4.34 Å². The molecule has 0 fully saturated rings. The summed E-state index contributed by atoms with van der Waals surface area (Å²) >= 11 is 7.48. The molecule has 0 atom stereocenters. The standard InChI is InChI=1S/C18H15ClN2O2S2/c19-16-17(25(22,23)14-9-2-1-3-10-14)20-18(24-16)21-12-6-8-13-7-4-5-11-15(13)21/h1-5,7,9-11H,6,8,12H2. The van der Waals surface area contributed by atoms with Crippen molar-refractivity contribution in [2.45, 2.75) is 22.8 Å². The molecule has 1 aliphatic heterocycles. The molecular weight excluding hydrogens is 376 g/mol. The fourth-order valence-corrected chi connectivity index (χ4v) is 5.95. The van der Waals surface area contributed by atoms with Gasteiger partial charge in [-0.15, -0.1) is 0 Å². The van der Waals surface area contributed by atoms with Crippen molar-refractivity contribution in [3.8, 4) is 0 Å². The Morgan fingerprint density at radius 1 is 1.04 bits per heavy atom. The number of benzene rings is 2. The number of para-hydroxylation sites is 1. The highest BCUT2D eigenvalue weighted by Gasteiger charge is 2.28. The predicted octanol–water partition coefficient (Wildman–Crippen LogP) is 4.71. The van der Waals surface area contributed by atoms with Gasteiger partial charge in [-0.2, -0.15) is 0 Å². The maximum absolute atomic E-state index is 12.8. The van der Waals surface area contributed by atoms with Crippen molar-refractivity contribution in [1.29, 1.82) is 0 Å². The average molecular weight is 391 g/mol. The van der Waals surface area contributed by atoms with Crippen molar-refractivity contribution in [2.75, 3.05) is 11.4 Å². The van der Waals surface area contributed by atoms with E-state index < -0.39 is 9.84 Å².